The number of hydrogen-bond donors (Lipinski definition) is 3. The van der Waals surface area contributed by atoms with Gasteiger partial charge >= 0.3 is 0 Å². The highest BCUT2D eigenvalue weighted by Gasteiger charge is 2.15. The van der Waals surface area contributed by atoms with Crippen molar-refractivity contribution in [2.24, 2.45) is 0 Å². The fourth-order valence-electron chi connectivity index (χ4n) is 2.94. The van der Waals surface area contributed by atoms with Crippen LogP contribution >= 0.6 is 11.3 Å². The largest absolute Gasteiger partial charge is 0.494 e. The van der Waals surface area contributed by atoms with E-state index in [1.54, 1.807) is 61.5 Å². The lowest BCUT2D eigenvalue weighted by molar-refractivity contribution is -0.122. The molecule has 0 bridgehead atoms. The van der Waals surface area contributed by atoms with E-state index < -0.39 is 6.10 Å². The standard InChI is InChI=1S/C25H27N3O5S/c1-3-32-20-10-12-21(13-11-20)33-17(2)23(29)28-19-8-6-18(7-9-19)24(30)26-14-15-27-25(31)22-5-4-16-34-22/h4-13,16-17H,3,14-15H2,1-2H3,(H,26,30)(H,27,31)(H,28,29). The predicted octanol–water partition coefficient (Wildman–Crippen LogP) is 3.71. The molecule has 0 radical (unpaired) electrons. The molecule has 8 nitrogen and oxygen atoms in total. The molecule has 3 amide bonds. The monoisotopic (exact) mass is 481 g/mol. The van der Waals surface area contributed by atoms with E-state index in [9.17, 15) is 14.4 Å². The summed E-state index contributed by atoms with van der Waals surface area (Å²) in [6.45, 7) is 4.77. The fourth-order valence-corrected chi connectivity index (χ4v) is 3.58. The Bertz CT molecular complexity index is 1080. The molecule has 0 aliphatic carbocycles. The zero-order valence-electron chi connectivity index (χ0n) is 19.0. The van der Waals surface area contributed by atoms with E-state index in [2.05, 4.69) is 16.0 Å². The number of hydrogen-bond acceptors (Lipinski definition) is 6. The number of carbonyl (C=O) groups is 3. The van der Waals surface area contributed by atoms with E-state index >= 15 is 0 Å². The molecule has 1 heterocycles. The molecule has 3 aromatic rings. The molecule has 1 atom stereocenters. The van der Waals surface area contributed by atoms with E-state index in [0.717, 1.165) is 5.75 Å². The summed E-state index contributed by atoms with van der Waals surface area (Å²) >= 11 is 1.36. The molecule has 1 aromatic heterocycles. The first-order chi connectivity index (χ1) is 16.5. The lowest BCUT2D eigenvalue weighted by Gasteiger charge is -2.15. The number of rotatable bonds is 11. The minimum atomic E-state index is -0.717. The van der Waals surface area contributed by atoms with Crippen molar-refractivity contribution < 1.29 is 23.9 Å². The number of anilines is 1. The summed E-state index contributed by atoms with van der Waals surface area (Å²) in [5.74, 6) is 0.553. The molecule has 0 aliphatic rings. The lowest BCUT2D eigenvalue weighted by Crippen LogP contribution is -2.34. The Morgan fingerprint density at radius 1 is 0.882 bits per heavy atom. The third kappa shape index (κ3) is 7.35. The third-order valence-electron chi connectivity index (χ3n) is 4.67. The highest BCUT2D eigenvalue weighted by Crippen LogP contribution is 2.19. The van der Waals surface area contributed by atoms with Crippen LogP contribution in [0.3, 0.4) is 0 Å². The van der Waals surface area contributed by atoms with Crippen molar-refractivity contribution in [3.05, 3.63) is 76.5 Å². The molecule has 9 heteroatoms. The van der Waals surface area contributed by atoms with Gasteiger partial charge in [0.15, 0.2) is 6.10 Å². The smallest absolute Gasteiger partial charge is 0.265 e. The maximum Gasteiger partial charge on any atom is 0.265 e. The van der Waals surface area contributed by atoms with Crippen molar-refractivity contribution >= 4 is 34.7 Å². The molecule has 34 heavy (non-hydrogen) atoms. The first-order valence-corrected chi connectivity index (χ1v) is 11.7. The average molecular weight is 482 g/mol. The van der Waals surface area contributed by atoms with E-state index in [0.29, 0.717) is 41.6 Å². The van der Waals surface area contributed by atoms with Gasteiger partial charge in [-0.1, -0.05) is 6.07 Å². The second-order valence-electron chi connectivity index (χ2n) is 7.22. The number of thiophene rings is 1. The summed E-state index contributed by atoms with van der Waals surface area (Å²) in [5.41, 5.74) is 0.994. The first kappa shape index (κ1) is 24.8. The van der Waals surface area contributed by atoms with Crippen molar-refractivity contribution in [1.29, 1.82) is 0 Å². The summed E-state index contributed by atoms with van der Waals surface area (Å²) in [7, 11) is 0. The first-order valence-electron chi connectivity index (χ1n) is 10.9. The molecule has 1 unspecified atom stereocenters. The Morgan fingerprint density at radius 2 is 1.53 bits per heavy atom. The van der Waals surface area contributed by atoms with Gasteiger partial charge in [0.2, 0.25) is 0 Å². The van der Waals surface area contributed by atoms with E-state index in [1.165, 1.54) is 11.3 Å². The van der Waals surface area contributed by atoms with Gasteiger partial charge in [0.05, 0.1) is 11.5 Å². The minimum Gasteiger partial charge on any atom is -0.494 e. The Kier molecular flexibility index (Phi) is 9.04. The zero-order chi connectivity index (χ0) is 24.3. The topological polar surface area (TPSA) is 106 Å². The molecular formula is C25H27N3O5S. The van der Waals surface area contributed by atoms with Crippen LogP contribution in [0.2, 0.25) is 0 Å². The SMILES string of the molecule is CCOc1ccc(OC(C)C(=O)Nc2ccc(C(=O)NCCNC(=O)c3cccs3)cc2)cc1. The predicted molar refractivity (Wildman–Crippen MR) is 132 cm³/mol. The van der Waals surface area contributed by atoms with Crippen LogP contribution in [-0.4, -0.2) is 43.5 Å². The summed E-state index contributed by atoms with van der Waals surface area (Å²) < 4.78 is 11.1. The zero-order valence-corrected chi connectivity index (χ0v) is 19.8. The second-order valence-corrected chi connectivity index (χ2v) is 8.17. The van der Waals surface area contributed by atoms with Crippen molar-refractivity contribution in [1.82, 2.24) is 10.6 Å². The van der Waals surface area contributed by atoms with Crippen molar-refractivity contribution in [3.63, 3.8) is 0 Å². The number of ether oxygens (including phenoxy) is 2. The maximum atomic E-state index is 12.4. The Hall–Kier alpha value is -3.85. The summed E-state index contributed by atoms with van der Waals surface area (Å²) in [6.07, 6.45) is -0.717. The van der Waals surface area contributed by atoms with Gasteiger partial charge in [0, 0.05) is 24.3 Å². The summed E-state index contributed by atoms with van der Waals surface area (Å²) in [6, 6.07) is 17.1. The Balaban J connectivity index is 1.41. The fraction of sp³-hybridized carbons (Fsp3) is 0.240. The van der Waals surface area contributed by atoms with Gasteiger partial charge in [-0.3, -0.25) is 14.4 Å². The van der Waals surface area contributed by atoms with Crippen molar-refractivity contribution in [2.45, 2.75) is 20.0 Å². The molecule has 3 N–H and O–H groups in total. The van der Waals surface area contributed by atoms with Crippen LogP contribution in [0.15, 0.2) is 66.0 Å². The average Bonchev–Trinajstić information content (AvgIpc) is 3.38. The molecule has 2 aromatic carbocycles. The van der Waals surface area contributed by atoms with E-state index in [4.69, 9.17) is 9.47 Å². The summed E-state index contributed by atoms with van der Waals surface area (Å²) in [4.78, 5) is 37.2. The molecule has 3 rings (SSSR count). The molecule has 0 aliphatic heterocycles. The highest BCUT2D eigenvalue weighted by atomic mass is 32.1. The van der Waals surface area contributed by atoms with Gasteiger partial charge in [-0.15, -0.1) is 11.3 Å². The van der Waals surface area contributed by atoms with Crippen molar-refractivity contribution in [3.8, 4) is 11.5 Å². The van der Waals surface area contributed by atoms with Crippen LogP contribution in [0.1, 0.15) is 33.9 Å². The van der Waals surface area contributed by atoms with Gasteiger partial charge in [-0.05, 0) is 73.8 Å². The third-order valence-corrected chi connectivity index (χ3v) is 5.54. The van der Waals surface area contributed by atoms with Crippen LogP contribution in [0.5, 0.6) is 11.5 Å². The molecular weight excluding hydrogens is 454 g/mol. The number of benzene rings is 2. The van der Waals surface area contributed by atoms with E-state index in [-0.39, 0.29) is 17.7 Å². The van der Waals surface area contributed by atoms with Crippen molar-refractivity contribution in [2.75, 3.05) is 25.0 Å². The van der Waals surface area contributed by atoms with Crippen LogP contribution in [0, 0.1) is 0 Å². The molecule has 178 valence electrons. The van der Waals surface area contributed by atoms with Gasteiger partial charge in [-0.2, -0.15) is 0 Å². The minimum absolute atomic E-state index is 0.162. The number of amides is 3. The van der Waals surface area contributed by atoms with Gasteiger partial charge in [0.25, 0.3) is 17.7 Å². The van der Waals surface area contributed by atoms with Gasteiger partial charge in [-0.25, -0.2) is 0 Å². The molecule has 0 fully saturated rings. The number of carbonyl (C=O) groups excluding carboxylic acids is 3. The van der Waals surface area contributed by atoms with Crippen LogP contribution in [0.4, 0.5) is 5.69 Å². The summed E-state index contributed by atoms with van der Waals surface area (Å²) in [5, 5.41) is 10.1. The van der Waals surface area contributed by atoms with Crippen LogP contribution < -0.4 is 25.4 Å². The lowest BCUT2D eigenvalue weighted by atomic mass is 10.2. The Morgan fingerprint density at radius 3 is 2.15 bits per heavy atom. The van der Waals surface area contributed by atoms with Gasteiger partial charge in [0.1, 0.15) is 11.5 Å². The van der Waals surface area contributed by atoms with Crippen LogP contribution in [-0.2, 0) is 4.79 Å². The second kappa shape index (κ2) is 12.4. The normalized spacial score (nSPS) is 11.2. The molecule has 0 saturated heterocycles. The Labute approximate surface area is 202 Å². The van der Waals surface area contributed by atoms with Gasteiger partial charge < -0.3 is 25.4 Å². The molecule has 0 saturated carbocycles. The van der Waals surface area contributed by atoms with Crippen LogP contribution in [0.25, 0.3) is 0 Å². The number of nitrogens with one attached hydrogen (secondary N) is 3. The quantitative estimate of drug-likeness (QED) is 0.362. The van der Waals surface area contributed by atoms with E-state index in [1.807, 2.05) is 18.4 Å². The maximum absolute atomic E-state index is 12.4. The molecule has 0 spiro atoms. The highest BCUT2D eigenvalue weighted by molar-refractivity contribution is 7.12.